The van der Waals surface area contributed by atoms with Crippen LogP contribution in [0.5, 0.6) is 0 Å². The standard InChI is InChI=1S/C13H23N3O5.HI/c1-10-6-15(13(20)14-12(10)19)9-21-5-4-16(2,3)7-11(18)8-17;/h6,11,17-18H,4-5,7-9H2,1-3H3;1H. The quantitative estimate of drug-likeness (QED) is 0.219. The Morgan fingerprint density at radius 1 is 1.41 bits per heavy atom. The smallest absolute Gasteiger partial charge is 0.330 e. The molecule has 0 aliphatic heterocycles. The van der Waals surface area contributed by atoms with Crippen molar-refractivity contribution in [1.29, 1.82) is 0 Å². The summed E-state index contributed by atoms with van der Waals surface area (Å²) in [6.07, 6.45) is 0.695. The van der Waals surface area contributed by atoms with Crippen LogP contribution in [0.2, 0.25) is 0 Å². The molecule has 0 bridgehead atoms. The van der Waals surface area contributed by atoms with Gasteiger partial charge in [-0.25, -0.2) is 4.79 Å². The van der Waals surface area contributed by atoms with Crippen molar-refractivity contribution in [2.45, 2.75) is 19.8 Å². The van der Waals surface area contributed by atoms with Gasteiger partial charge in [-0.1, -0.05) is 0 Å². The zero-order valence-electron chi connectivity index (χ0n) is 13.1. The number of hydrogen-bond donors (Lipinski definition) is 3. The normalized spacial score (nSPS) is 12.8. The molecule has 0 saturated carbocycles. The lowest BCUT2D eigenvalue weighted by atomic mass is 10.3. The van der Waals surface area contributed by atoms with Crippen LogP contribution in [0.1, 0.15) is 5.56 Å². The van der Waals surface area contributed by atoms with Crippen molar-refractivity contribution < 1.29 is 43.4 Å². The SMILES string of the molecule is Cc1cn(COCC[N+](C)(C)CC(O)CO)c(=O)[nH]c1=O.[I-]. The van der Waals surface area contributed by atoms with E-state index in [1.54, 1.807) is 6.92 Å². The summed E-state index contributed by atoms with van der Waals surface area (Å²) in [7, 11) is 3.83. The van der Waals surface area contributed by atoms with Crippen LogP contribution >= 0.6 is 0 Å². The fourth-order valence-electron chi connectivity index (χ4n) is 1.91. The second-order valence-electron chi connectivity index (χ2n) is 5.76. The van der Waals surface area contributed by atoms with E-state index in [4.69, 9.17) is 9.84 Å². The Hall–Kier alpha value is -0.750. The van der Waals surface area contributed by atoms with E-state index < -0.39 is 17.4 Å². The van der Waals surface area contributed by atoms with Gasteiger partial charge in [0, 0.05) is 11.8 Å². The van der Waals surface area contributed by atoms with Crippen LogP contribution in [0.3, 0.4) is 0 Å². The second kappa shape index (κ2) is 9.40. The highest BCUT2D eigenvalue weighted by atomic mass is 127. The van der Waals surface area contributed by atoms with Crippen LogP contribution in [-0.2, 0) is 11.5 Å². The average molecular weight is 429 g/mol. The number of aliphatic hydroxyl groups excluding tert-OH is 2. The summed E-state index contributed by atoms with van der Waals surface area (Å²) in [5, 5.41) is 18.3. The number of nitrogens with one attached hydrogen (secondary N) is 1. The van der Waals surface area contributed by atoms with Crippen molar-refractivity contribution in [3.63, 3.8) is 0 Å². The molecule has 0 aromatic carbocycles. The number of rotatable bonds is 8. The minimum absolute atomic E-state index is 0. The molecule has 1 aromatic heterocycles. The first-order valence-electron chi connectivity index (χ1n) is 6.74. The molecule has 0 spiro atoms. The van der Waals surface area contributed by atoms with E-state index in [1.807, 2.05) is 14.1 Å². The Bertz CT molecular complexity index is 570. The van der Waals surface area contributed by atoms with Crippen molar-refractivity contribution in [3.05, 3.63) is 32.6 Å². The van der Waals surface area contributed by atoms with Gasteiger partial charge in [0.1, 0.15) is 25.9 Å². The first-order valence-corrected chi connectivity index (χ1v) is 6.74. The highest BCUT2D eigenvalue weighted by molar-refractivity contribution is 5.00. The molecule has 8 nitrogen and oxygen atoms in total. The molecule has 0 saturated heterocycles. The lowest BCUT2D eigenvalue weighted by molar-refractivity contribution is -0.893. The summed E-state index contributed by atoms with van der Waals surface area (Å²) in [4.78, 5) is 25.0. The largest absolute Gasteiger partial charge is 1.00 e. The average Bonchev–Trinajstić information content (AvgIpc) is 2.39. The number of aromatic amines is 1. The predicted octanol–water partition coefficient (Wildman–Crippen LogP) is -4.75. The van der Waals surface area contributed by atoms with E-state index in [0.29, 0.717) is 29.7 Å². The molecule has 3 N–H and O–H groups in total. The number of hydrogen-bond acceptors (Lipinski definition) is 5. The number of H-pyrrole nitrogens is 1. The molecule has 1 heterocycles. The molecule has 0 amide bonds. The van der Waals surface area contributed by atoms with Gasteiger partial charge in [0.05, 0.1) is 27.3 Å². The minimum Gasteiger partial charge on any atom is -1.00 e. The van der Waals surface area contributed by atoms with E-state index >= 15 is 0 Å². The fourth-order valence-corrected chi connectivity index (χ4v) is 1.91. The molecule has 128 valence electrons. The Morgan fingerprint density at radius 3 is 2.64 bits per heavy atom. The summed E-state index contributed by atoms with van der Waals surface area (Å²) in [5.74, 6) is 0. The molecule has 0 aliphatic carbocycles. The van der Waals surface area contributed by atoms with Gasteiger partial charge >= 0.3 is 5.69 Å². The first kappa shape index (κ1) is 21.2. The summed E-state index contributed by atoms with van der Waals surface area (Å²) in [6, 6.07) is 0. The summed E-state index contributed by atoms with van der Waals surface area (Å²) in [5.41, 5.74) is -0.456. The lowest BCUT2D eigenvalue weighted by Crippen LogP contribution is -3.00. The van der Waals surface area contributed by atoms with Crippen molar-refractivity contribution in [3.8, 4) is 0 Å². The molecular formula is C13H24IN3O5. The summed E-state index contributed by atoms with van der Waals surface area (Å²) >= 11 is 0. The molecule has 1 aromatic rings. The van der Waals surface area contributed by atoms with Crippen LogP contribution in [-0.4, -0.2) is 70.7 Å². The zero-order valence-corrected chi connectivity index (χ0v) is 15.2. The summed E-state index contributed by atoms with van der Waals surface area (Å²) in [6.45, 7) is 2.82. The number of aromatic nitrogens is 2. The maximum Gasteiger partial charge on any atom is 0.330 e. The molecule has 9 heteroatoms. The Kier molecular flexibility index (Phi) is 9.08. The third-order valence-corrected chi connectivity index (χ3v) is 3.18. The van der Waals surface area contributed by atoms with Gasteiger partial charge in [-0.2, -0.15) is 0 Å². The maximum atomic E-state index is 11.5. The number of likely N-dealkylation sites (N-methyl/N-ethyl adjacent to an activating group) is 1. The number of ether oxygens (including phenoxy) is 1. The third-order valence-electron chi connectivity index (χ3n) is 3.18. The van der Waals surface area contributed by atoms with E-state index in [-0.39, 0.29) is 37.3 Å². The van der Waals surface area contributed by atoms with Gasteiger partial charge in [-0.3, -0.25) is 14.3 Å². The molecular weight excluding hydrogens is 405 g/mol. The Labute approximate surface area is 146 Å². The van der Waals surface area contributed by atoms with Crippen LogP contribution in [0.25, 0.3) is 0 Å². The van der Waals surface area contributed by atoms with E-state index in [9.17, 15) is 14.7 Å². The van der Waals surface area contributed by atoms with Crippen LogP contribution in [0.4, 0.5) is 0 Å². The minimum atomic E-state index is -0.760. The number of halogens is 1. The fraction of sp³-hybridized carbons (Fsp3) is 0.692. The molecule has 1 unspecified atom stereocenters. The van der Waals surface area contributed by atoms with Crippen LogP contribution in [0, 0.1) is 6.92 Å². The number of aryl methyl sites for hydroxylation is 1. The molecule has 22 heavy (non-hydrogen) atoms. The third kappa shape index (κ3) is 7.01. The number of quaternary nitrogens is 1. The first-order chi connectivity index (χ1) is 9.75. The Morgan fingerprint density at radius 2 is 2.05 bits per heavy atom. The second-order valence-corrected chi connectivity index (χ2v) is 5.76. The molecule has 0 radical (unpaired) electrons. The maximum absolute atomic E-state index is 11.5. The van der Waals surface area contributed by atoms with E-state index in [1.165, 1.54) is 10.8 Å². The van der Waals surface area contributed by atoms with Gasteiger partial charge in [0.15, 0.2) is 0 Å². The molecule has 0 aliphatic rings. The van der Waals surface area contributed by atoms with Crippen molar-refractivity contribution >= 4 is 0 Å². The van der Waals surface area contributed by atoms with Crippen LogP contribution in [0.15, 0.2) is 15.8 Å². The highest BCUT2D eigenvalue weighted by Crippen LogP contribution is 2.00. The highest BCUT2D eigenvalue weighted by Gasteiger charge is 2.19. The van der Waals surface area contributed by atoms with Gasteiger partial charge in [-0.05, 0) is 6.92 Å². The van der Waals surface area contributed by atoms with Gasteiger partial charge in [0.2, 0.25) is 0 Å². The van der Waals surface area contributed by atoms with Gasteiger partial charge in [-0.15, -0.1) is 0 Å². The molecule has 1 rings (SSSR count). The van der Waals surface area contributed by atoms with Crippen molar-refractivity contribution in [1.82, 2.24) is 9.55 Å². The van der Waals surface area contributed by atoms with Gasteiger partial charge < -0.3 is 43.4 Å². The van der Waals surface area contributed by atoms with Crippen molar-refractivity contribution in [2.24, 2.45) is 0 Å². The van der Waals surface area contributed by atoms with E-state index in [2.05, 4.69) is 4.98 Å². The topological polar surface area (TPSA) is 105 Å². The van der Waals surface area contributed by atoms with Gasteiger partial charge in [0.25, 0.3) is 5.56 Å². The zero-order chi connectivity index (χ0) is 16.0. The Balaban J connectivity index is 0.00000441. The molecule has 0 fully saturated rings. The molecule has 1 atom stereocenters. The lowest BCUT2D eigenvalue weighted by Gasteiger charge is -2.31. The monoisotopic (exact) mass is 429 g/mol. The number of nitrogens with zero attached hydrogens (tertiary/aromatic N) is 2. The summed E-state index contributed by atoms with van der Waals surface area (Å²) < 4.78 is 7.21. The number of aliphatic hydroxyl groups is 2. The van der Waals surface area contributed by atoms with E-state index in [0.717, 1.165) is 0 Å². The van der Waals surface area contributed by atoms with Crippen molar-refractivity contribution in [2.75, 3.05) is 40.4 Å². The van der Waals surface area contributed by atoms with Crippen LogP contribution < -0.4 is 35.2 Å². The predicted molar refractivity (Wildman–Crippen MR) is 76.9 cm³/mol.